The summed E-state index contributed by atoms with van der Waals surface area (Å²) in [6, 6.07) is -0.329. The van der Waals surface area contributed by atoms with Gasteiger partial charge in [0.05, 0.1) is 19.2 Å². The average molecular weight is 202 g/mol. The molecule has 5 heteroatoms. The second kappa shape index (κ2) is 6.37. The molecule has 0 rings (SSSR count). The van der Waals surface area contributed by atoms with Crippen molar-refractivity contribution in [2.24, 2.45) is 0 Å². The molecular weight excluding hydrogens is 184 g/mol. The van der Waals surface area contributed by atoms with Crippen molar-refractivity contribution < 1.29 is 14.3 Å². The van der Waals surface area contributed by atoms with Gasteiger partial charge in [0.25, 0.3) is 0 Å². The van der Waals surface area contributed by atoms with Crippen LogP contribution in [0.2, 0.25) is 0 Å². The van der Waals surface area contributed by atoms with Crippen LogP contribution >= 0.6 is 0 Å². The molecular formula is C9H18N2O3. The van der Waals surface area contributed by atoms with E-state index in [1.807, 2.05) is 0 Å². The largest absolute Gasteiger partial charge is 0.465 e. The van der Waals surface area contributed by atoms with Crippen LogP contribution in [0.5, 0.6) is 0 Å². The molecule has 0 saturated carbocycles. The van der Waals surface area contributed by atoms with Crippen molar-refractivity contribution in [3.63, 3.8) is 0 Å². The fraction of sp³-hybridized carbons (Fsp3) is 0.778. The minimum Gasteiger partial charge on any atom is -0.465 e. The summed E-state index contributed by atoms with van der Waals surface area (Å²) in [6.45, 7) is 3.97. The molecule has 0 aromatic heterocycles. The lowest BCUT2D eigenvalue weighted by Gasteiger charge is -2.21. The Balaban J connectivity index is 4.00. The van der Waals surface area contributed by atoms with E-state index in [0.29, 0.717) is 6.61 Å². The Morgan fingerprint density at radius 3 is 2.50 bits per heavy atom. The standard InChI is InChI=1S/C9H18N2O3/c1-5-14-8(12)6-11(4)7(2)9(13)10-3/h7H,5-6H2,1-4H3,(H,10,13). The number of ether oxygens (including phenoxy) is 1. The smallest absolute Gasteiger partial charge is 0.320 e. The van der Waals surface area contributed by atoms with E-state index < -0.39 is 0 Å². The number of carbonyl (C=O) groups excluding carboxylic acids is 2. The fourth-order valence-corrected chi connectivity index (χ4v) is 0.956. The molecule has 0 aliphatic heterocycles. The second-order valence-electron chi connectivity index (χ2n) is 3.01. The molecule has 1 unspecified atom stereocenters. The van der Waals surface area contributed by atoms with Gasteiger partial charge in [0.2, 0.25) is 5.91 Å². The molecule has 0 spiro atoms. The van der Waals surface area contributed by atoms with Gasteiger partial charge >= 0.3 is 5.97 Å². The van der Waals surface area contributed by atoms with E-state index in [-0.39, 0.29) is 24.5 Å². The molecule has 0 saturated heterocycles. The summed E-state index contributed by atoms with van der Waals surface area (Å²) in [7, 11) is 3.27. The van der Waals surface area contributed by atoms with Crippen LogP contribution in [0.25, 0.3) is 0 Å². The van der Waals surface area contributed by atoms with Gasteiger partial charge in [-0.2, -0.15) is 0 Å². The Hall–Kier alpha value is -1.10. The van der Waals surface area contributed by atoms with Gasteiger partial charge in [-0.1, -0.05) is 0 Å². The van der Waals surface area contributed by atoms with E-state index in [0.717, 1.165) is 0 Å². The average Bonchev–Trinajstić information content (AvgIpc) is 2.15. The van der Waals surface area contributed by atoms with Gasteiger partial charge in [0, 0.05) is 7.05 Å². The molecule has 0 heterocycles. The number of carbonyl (C=O) groups is 2. The van der Waals surface area contributed by atoms with Gasteiger partial charge in [0.15, 0.2) is 0 Å². The number of hydrogen-bond acceptors (Lipinski definition) is 4. The third-order valence-corrected chi connectivity index (χ3v) is 1.97. The number of esters is 1. The molecule has 1 amide bonds. The van der Waals surface area contributed by atoms with Gasteiger partial charge in [-0.05, 0) is 20.9 Å². The van der Waals surface area contributed by atoms with Crippen LogP contribution in [0.15, 0.2) is 0 Å². The Kier molecular flexibility index (Phi) is 5.87. The lowest BCUT2D eigenvalue weighted by molar-refractivity contribution is -0.145. The predicted octanol–water partition coefficient (Wildman–Crippen LogP) is -0.384. The number of rotatable bonds is 5. The highest BCUT2D eigenvalue weighted by molar-refractivity contribution is 5.81. The van der Waals surface area contributed by atoms with E-state index in [1.54, 1.807) is 32.8 Å². The number of hydrogen-bond donors (Lipinski definition) is 1. The first kappa shape index (κ1) is 12.9. The van der Waals surface area contributed by atoms with E-state index in [2.05, 4.69) is 5.32 Å². The molecule has 0 aliphatic rings. The zero-order chi connectivity index (χ0) is 11.1. The summed E-state index contributed by atoms with van der Waals surface area (Å²) < 4.78 is 4.76. The Labute approximate surface area is 84.4 Å². The van der Waals surface area contributed by atoms with Crippen LogP contribution in [0.3, 0.4) is 0 Å². The summed E-state index contributed by atoms with van der Waals surface area (Å²) in [5, 5.41) is 2.52. The first-order valence-corrected chi connectivity index (χ1v) is 4.60. The molecule has 0 fully saturated rings. The van der Waals surface area contributed by atoms with Crippen molar-refractivity contribution in [1.29, 1.82) is 0 Å². The maximum absolute atomic E-state index is 11.2. The summed E-state index contributed by atoms with van der Waals surface area (Å²) in [6.07, 6.45) is 0. The Morgan fingerprint density at radius 1 is 1.50 bits per heavy atom. The van der Waals surface area contributed by atoms with Crippen molar-refractivity contribution in [2.75, 3.05) is 27.2 Å². The first-order chi connectivity index (χ1) is 6.52. The molecule has 0 aromatic rings. The molecule has 1 N–H and O–H groups in total. The molecule has 0 radical (unpaired) electrons. The van der Waals surface area contributed by atoms with Crippen molar-refractivity contribution >= 4 is 11.9 Å². The zero-order valence-electron chi connectivity index (χ0n) is 9.16. The highest BCUT2D eigenvalue weighted by atomic mass is 16.5. The summed E-state index contributed by atoms with van der Waals surface area (Å²) >= 11 is 0. The van der Waals surface area contributed by atoms with Crippen molar-refractivity contribution in [1.82, 2.24) is 10.2 Å². The topological polar surface area (TPSA) is 58.6 Å². The normalized spacial score (nSPS) is 12.4. The second-order valence-corrected chi connectivity index (χ2v) is 3.01. The molecule has 1 atom stereocenters. The van der Waals surface area contributed by atoms with Gasteiger partial charge in [-0.3, -0.25) is 14.5 Å². The molecule has 14 heavy (non-hydrogen) atoms. The lowest BCUT2D eigenvalue weighted by atomic mass is 10.3. The maximum Gasteiger partial charge on any atom is 0.320 e. The molecule has 0 aliphatic carbocycles. The maximum atomic E-state index is 11.2. The van der Waals surface area contributed by atoms with Crippen molar-refractivity contribution in [3.05, 3.63) is 0 Å². The monoisotopic (exact) mass is 202 g/mol. The third kappa shape index (κ3) is 4.23. The fourth-order valence-electron chi connectivity index (χ4n) is 0.956. The minimum atomic E-state index is -0.329. The van der Waals surface area contributed by atoms with Crippen LogP contribution in [0.1, 0.15) is 13.8 Å². The van der Waals surface area contributed by atoms with Crippen molar-refractivity contribution in [3.8, 4) is 0 Å². The van der Waals surface area contributed by atoms with E-state index >= 15 is 0 Å². The van der Waals surface area contributed by atoms with Gasteiger partial charge in [0.1, 0.15) is 0 Å². The SMILES string of the molecule is CCOC(=O)CN(C)C(C)C(=O)NC. The third-order valence-electron chi connectivity index (χ3n) is 1.97. The molecule has 82 valence electrons. The van der Waals surface area contributed by atoms with Crippen molar-refractivity contribution in [2.45, 2.75) is 19.9 Å². The lowest BCUT2D eigenvalue weighted by Crippen LogP contribution is -2.44. The van der Waals surface area contributed by atoms with E-state index in [1.165, 1.54) is 0 Å². The number of amides is 1. The van der Waals surface area contributed by atoms with E-state index in [9.17, 15) is 9.59 Å². The van der Waals surface area contributed by atoms with Crippen LogP contribution < -0.4 is 5.32 Å². The van der Waals surface area contributed by atoms with E-state index in [4.69, 9.17) is 4.74 Å². The predicted molar refractivity (Wildman–Crippen MR) is 52.8 cm³/mol. The highest BCUT2D eigenvalue weighted by Crippen LogP contribution is 1.95. The van der Waals surface area contributed by atoms with Crippen LogP contribution in [-0.4, -0.2) is 50.1 Å². The van der Waals surface area contributed by atoms with Gasteiger partial charge in [-0.15, -0.1) is 0 Å². The minimum absolute atomic E-state index is 0.114. The molecule has 0 bridgehead atoms. The summed E-state index contributed by atoms with van der Waals surface area (Å²) in [5.74, 6) is -0.428. The number of nitrogens with zero attached hydrogens (tertiary/aromatic N) is 1. The molecule has 5 nitrogen and oxygen atoms in total. The van der Waals surface area contributed by atoms with Gasteiger partial charge < -0.3 is 10.1 Å². The van der Waals surface area contributed by atoms with Gasteiger partial charge in [-0.25, -0.2) is 0 Å². The van der Waals surface area contributed by atoms with Crippen LogP contribution in [0, 0.1) is 0 Å². The van der Waals surface area contributed by atoms with Crippen LogP contribution in [0.4, 0.5) is 0 Å². The number of nitrogens with one attached hydrogen (secondary N) is 1. The molecule has 0 aromatic carbocycles. The zero-order valence-corrected chi connectivity index (χ0v) is 9.16. The van der Waals surface area contributed by atoms with Crippen LogP contribution in [-0.2, 0) is 14.3 Å². The number of likely N-dealkylation sites (N-methyl/N-ethyl adjacent to an activating group) is 2. The Bertz CT molecular complexity index is 206. The summed E-state index contributed by atoms with van der Waals surface area (Å²) in [4.78, 5) is 23.9. The first-order valence-electron chi connectivity index (χ1n) is 4.60. The summed E-state index contributed by atoms with van der Waals surface area (Å²) in [5.41, 5.74) is 0. The quantitative estimate of drug-likeness (QED) is 0.617. The highest BCUT2D eigenvalue weighted by Gasteiger charge is 2.18. The Morgan fingerprint density at radius 2 is 2.07 bits per heavy atom.